The monoisotopic (exact) mass is 236 g/mol. The number of hydrogen-bond donors (Lipinski definition) is 0. The predicted octanol–water partition coefficient (Wildman–Crippen LogP) is 2.65. The van der Waals surface area contributed by atoms with E-state index in [-0.39, 0.29) is 0 Å². The van der Waals surface area contributed by atoms with Gasteiger partial charge in [-0.2, -0.15) is 0 Å². The van der Waals surface area contributed by atoms with Crippen LogP contribution >= 0.6 is 0 Å². The molecule has 1 aromatic heterocycles. The molecule has 1 unspecified atom stereocenters. The van der Waals surface area contributed by atoms with Gasteiger partial charge in [0.2, 0.25) is 0 Å². The molecule has 1 rings (SSSR count). The fourth-order valence-electron chi connectivity index (χ4n) is 2.08. The lowest BCUT2D eigenvalue weighted by Crippen LogP contribution is -2.31. The zero-order valence-electron chi connectivity index (χ0n) is 11.7. The van der Waals surface area contributed by atoms with Crippen molar-refractivity contribution in [3.05, 3.63) is 23.0 Å². The second-order valence-corrected chi connectivity index (χ2v) is 4.83. The summed E-state index contributed by atoms with van der Waals surface area (Å²) in [5, 5.41) is 0. The van der Waals surface area contributed by atoms with Gasteiger partial charge in [-0.15, -0.1) is 0 Å². The molecule has 0 N–H and O–H groups in total. The van der Waals surface area contributed by atoms with Crippen molar-refractivity contribution in [2.45, 2.75) is 46.7 Å². The highest BCUT2D eigenvalue weighted by Crippen LogP contribution is 2.13. The Morgan fingerprint density at radius 3 is 2.59 bits per heavy atom. The molecule has 1 aromatic rings. The second-order valence-electron chi connectivity index (χ2n) is 4.83. The van der Waals surface area contributed by atoms with Crippen molar-refractivity contribution in [3.63, 3.8) is 0 Å². The second kappa shape index (κ2) is 6.01. The van der Waals surface area contributed by atoms with Crippen molar-refractivity contribution in [1.82, 2.24) is 9.47 Å². The first-order chi connectivity index (χ1) is 8.01. The van der Waals surface area contributed by atoms with E-state index in [1.54, 1.807) is 0 Å². The van der Waals surface area contributed by atoms with Crippen LogP contribution in [-0.4, -0.2) is 35.4 Å². The van der Waals surface area contributed by atoms with Crippen molar-refractivity contribution >= 4 is 6.29 Å². The number of aryl methyl sites for hydroxylation is 1. The maximum absolute atomic E-state index is 10.9. The van der Waals surface area contributed by atoms with Crippen LogP contribution in [0, 0.1) is 13.8 Å². The summed E-state index contributed by atoms with van der Waals surface area (Å²) < 4.78 is 2.22. The van der Waals surface area contributed by atoms with Crippen LogP contribution in [0.1, 0.15) is 42.0 Å². The Bertz CT molecular complexity index is 382. The molecule has 0 radical (unpaired) electrons. The molecule has 0 amide bonds. The number of aldehydes is 1. The summed E-state index contributed by atoms with van der Waals surface area (Å²) >= 11 is 0. The predicted molar refractivity (Wildman–Crippen MR) is 71.7 cm³/mol. The molecule has 1 atom stereocenters. The quantitative estimate of drug-likeness (QED) is 0.709. The van der Waals surface area contributed by atoms with E-state index in [0.717, 1.165) is 30.6 Å². The van der Waals surface area contributed by atoms with E-state index in [1.165, 1.54) is 12.1 Å². The van der Waals surface area contributed by atoms with Gasteiger partial charge in [-0.05, 0) is 40.3 Å². The molecule has 0 aliphatic heterocycles. The average molecular weight is 236 g/mol. The van der Waals surface area contributed by atoms with Gasteiger partial charge in [-0.1, -0.05) is 6.92 Å². The molecule has 17 heavy (non-hydrogen) atoms. The Balaban J connectivity index is 2.69. The van der Waals surface area contributed by atoms with Gasteiger partial charge in [0.05, 0.1) is 0 Å². The van der Waals surface area contributed by atoms with Gasteiger partial charge in [-0.25, -0.2) is 0 Å². The van der Waals surface area contributed by atoms with Crippen molar-refractivity contribution in [2.24, 2.45) is 0 Å². The summed E-state index contributed by atoms with van der Waals surface area (Å²) in [7, 11) is 2.16. The van der Waals surface area contributed by atoms with Crippen molar-refractivity contribution < 1.29 is 4.79 Å². The molecule has 0 aliphatic carbocycles. The third kappa shape index (κ3) is 3.19. The van der Waals surface area contributed by atoms with Crippen LogP contribution in [0.25, 0.3) is 0 Å². The van der Waals surface area contributed by atoms with Crippen LogP contribution in [0.4, 0.5) is 0 Å². The zero-order chi connectivity index (χ0) is 13.0. The smallest absolute Gasteiger partial charge is 0.151 e. The third-order valence-corrected chi connectivity index (χ3v) is 3.76. The molecule has 96 valence electrons. The summed E-state index contributed by atoms with van der Waals surface area (Å²) in [5.74, 6) is 0. The van der Waals surface area contributed by atoms with E-state index < -0.39 is 0 Å². The molecule has 3 heteroatoms. The minimum Gasteiger partial charge on any atom is -0.347 e. The van der Waals surface area contributed by atoms with Crippen LogP contribution in [0.2, 0.25) is 0 Å². The standard InChI is InChI=1S/C14H24N2O/c1-6-11(2)15(5)7-8-16-12(3)9-14(10-17)13(16)4/h9-11H,6-8H2,1-5H3. The number of carbonyl (C=O) groups excluding carboxylic acids is 1. The summed E-state index contributed by atoms with van der Waals surface area (Å²) in [6.07, 6.45) is 2.11. The minimum absolute atomic E-state index is 0.608. The highest BCUT2D eigenvalue weighted by Gasteiger charge is 2.10. The number of rotatable bonds is 6. The molecule has 0 saturated carbocycles. The molecule has 0 spiro atoms. The highest BCUT2D eigenvalue weighted by molar-refractivity contribution is 5.77. The lowest BCUT2D eigenvalue weighted by molar-refractivity contribution is 0.112. The lowest BCUT2D eigenvalue weighted by atomic mass is 10.2. The third-order valence-electron chi connectivity index (χ3n) is 3.76. The van der Waals surface area contributed by atoms with Gasteiger partial charge in [0.1, 0.15) is 0 Å². The van der Waals surface area contributed by atoms with Gasteiger partial charge in [-0.3, -0.25) is 4.79 Å². The fraction of sp³-hybridized carbons (Fsp3) is 0.643. The Hall–Kier alpha value is -1.09. The lowest BCUT2D eigenvalue weighted by Gasteiger charge is -2.24. The first-order valence-corrected chi connectivity index (χ1v) is 6.33. The summed E-state index contributed by atoms with van der Waals surface area (Å²) in [6.45, 7) is 10.5. The Morgan fingerprint density at radius 2 is 2.12 bits per heavy atom. The van der Waals surface area contributed by atoms with Crippen LogP contribution in [0.15, 0.2) is 6.07 Å². The van der Waals surface area contributed by atoms with Crippen LogP contribution in [0.5, 0.6) is 0 Å². The highest BCUT2D eigenvalue weighted by atomic mass is 16.1. The van der Waals surface area contributed by atoms with Crippen molar-refractivity contribution in [1.29, 1.82) is 0 Å². The van der Waals surface area contributed by atoms with E-state index in [4.69, 9.17) is 0 Å². The van der Waals surface area contributed by atoms with Crippen LogP contribution < -0.4 is 0 Å². The summed E-state index contributed by atoms with van der Waals surface area (Å²) in [4.78, 5) is 13.2. The average Bonchev–Trinajstić information content (AvgIpc) is 2.60. The first-order valence-electron chi connectivity index (χ1n) is 6.33. The van der Waals surface area contributed by atoms with Gasteiger partial charge in [0.15, 0.2) is 6.29 Å². The largest absolute Gasteiger partial charge is 0.347 e. The normalized spacial score (nSPS) is 13.1. The molecule has 1 heterocycles. The van der Waals surface area contributed by atoms with Crippen molar-refractivity contribution in [2.75, 3.05) is 13.6 Å². The Morgan fingerprint density at radius 1 is 1.47 bits per heavy atom. The number of aromatic nitrogens is 1. The molecule has 0 saturated heterocycles. The maximum Gasteiger partial charge on any atom is 0.151 e. The topological polar surface area (TPSA) is 25.2 Å². The van der Waals surface area contributed by atoms with Crippen LogP contribution in [-0.2, 0) is 6.54 Å². The fourth-order valence-corrected chi connectivity index (χ4v) is 2.08. The molecule has 3 nitrogen and oxygen atoms in total. The molecular formula is C14H24N2O. The minimum atomic E-state index is 0.608. The Kier molecular flexibility index (Phi) is 4.94. The van der Waals surface area contributed by atoms with E-state index >= 15 is 0 Å². The first kappa shape index (κ1) is 14.0. The van der Waals surface area contributed by atoms with Gasteiger partial charge in [0.25, 0.3) is 0 Å². The van der Waals surface area contributed by atoms with E-state index in [2.05, 4.69) is 37.3 Å². The maximum atomic E-state index is 10.9. The van der Waals surface area contributed by atoms with Crippen LogP contribution in [0.3, 0.4) is 0 Å². The van der Waals surface area contributed by atoms with E-state index in [9.17, 15) is 4.79 Å². The number of hydrogen-bond acceptors (Lipinski definition) is 2. The summed E-state index contributed by atoms with van der Waals surface area (Å²) in [5.41, 5.74) is 3.06. The number of nitrogens with zero attached hydrogens (tertiary/aromatic N) is 2. The molecule has 0 aliphatic rings. The summed E-state index contributed by atoms with van der Waals surface area (Å²) in [6, 6.07) is 2.57. The zero-order valence-corrected chi connectivity index (χ0v) is 11.7. The molecular weight excluding hydrogens is 212 g/mol. The van der Waals surface area contributed by atoms with Crippen molar-refractivity contribution in [3.8, 4) is 0 Å². The molecule has 0 aromatic carbocycles. The van der Waals surface area contributed by atoms with Gasteiger partial charge >= 0.3 is 0 Å². The Labute approximate surface area is 104 Å². The number of carbonyl (C=O) groups is 1. The number of likely N-dealkylation sites (N-methyl/N-ethyl adjacent to an activating group) is 1. The van der Waals surface area contributed by atoms with E-state index in [0.29, 0.717) is 6.04 Å². The van der Waals surface area contributed by atoms with E-state index in [1.807, 2.05) is 13.0 Å². The van der Waals surface area contributed by atoms with Gasteiger partial charge in [0, 0.05) is 36.1 Å². The molecule has 0 fully saturated rings. The molecule has 0 bridgehead atoms. The van der Waals surface area contributed by atoms with Gasteiger partial charge < -0.3 is 9.47 Å². The SMILES string of the molecule is CCC(C)N(C)CCn1c(C)cc(C=O)c1C.